The molecule has 0 bridgehead atoms. The highest BCUT2D eigenvalue weighted by atomic mass is 32.2. The molecule has 0 aliphatic carbocycles. The lowest BCUT2D eigenvalue weighted by molar-refractivity contribution is -0.428. The topological polar surface area (TPSA) is 80.5 Å². The molecule has 1 aliphatic heterocycles. The maximum Gasteiger partial charge on any atom is 0.270 e. The van der Waals surface area contributed by atoms with Gasteiger partial charge in [-0.3, -0.25) is 14.4 Å². The predicted molar refractivity (Wildman–Crippen MR) is 138 cm³/mol. The van der Waals surface area contributed by atoms with E-state index in [0.717, 1.165) is 16.7 Å². The molecule has 7 heteroatoms. The number of hydrogen-bond acceptors (Lipinski definition) is 4. The monoisotopic (exact) mass is 484 g/mol. The Hall–Kier alpha value is -2.67. The van der Waals surface area contributed by atoms with Gasteiger partial charge in [0.15, 0.2) is 0 Å². The van der Waals surface area contributed by atoms with Crippen LogP contribution in [0.4, 0.5) is 5.69 Å². The first-order valence-electron chi connectivity index (χ1n) is 12.0. The number of nitro groups is 1. The molecule has 6 nitrogen and oxygen atoms in total. The van der Waals surface area contributed by atoms with Gasteiger partial charge in [-0.1, -0.05) is 85.7 Å². The highest BCUT2D eigenvalue weighted by Gasteiger charge is 2.46. The Morgan fingerprint density at radius 2 is 1.41 bits per heavy atom. The van der Waals surface area contributed by atoms with Crippen molar-refractivity contribution in [3.63, 3.8) is 0 Å². The van der Waals surface area contributed by atoms with Crippen molar-refractivity contribution in [3.8, 4) is 0 Å². The van der Waals surface area contributed by atoms with Gasteiger partial charge >= 0.3 is 0 Å². The average molecular weight is 485 g/mol. The third-order valence-corrected chi connectivity index (χ3v) is 8.40. The number of rotatable bonds is 7. The van der Waals surface area contributed by atoms with Crippen LogP contribution >= 0.6 is 0 Å². The van der Waals surface area contributed by atoms with E-state index in [-0.39, 0.29) is 34.3 Å². The van der Waals surface area contributed by atoms with Crippen LogP contribution in [0.2, 0.25) is 0 Å². The first-order valence-corrected chi connectivity index (χ1v) is 13.4. The van der Waals surface area contributed by atoms with E-state index in [9.17, 15) is 18.5 Å². The second-order valence-electron chi connectivity index (χ2n) is 10.4. The van der Waals surface area contributed by atoms with E-state index in [0.29, 0.717) is 11.3 Å². The van der Waals surface area contributed by atoms with Crippen molar-refractivity contribution in [2.24, 2.45) is 5.92 Å². The van der Waals surface area contributed by atoms with Crippen LogP contribution in [-0.2, 0) is 10.0 Å². The summed E-state index contributed by atoms with van der Waals surface area (Å²) in [6.07, 6.45) is 1.51. The maximum absolute atomic E-state index is 14.6. The van der Waals surface area contributed by atoms with Gasteiger partial charge in [0, 0.05) is 11.6 Å². The molecule has 184 valence electrons. The first kappa shape index (κ1) is 25.9. The Bertz CT molecular complexity index is 1200. The fourth-order valence-corrected chi connectivity index (χ4v) is 7.12. The fraction of sp³-hybridized carbons (Fsp3) is 0.481. The van der Waals surface area contributed by atoms with Gasteiger partial charge in [-0.15, -0.1) is 0 Å². The second-order valence-corrected chi connectivity index (χ2v) is 12.1. The number of benzene rings is 2. The lowest BCUT2D eigenvalue weighted by Gasteiger charge is -2.38. The summed E-state index contributed by atoms with van der Waals surface area (Å²) in [5, 5.41) is 12.1. The standard InChI is InChI=1S/C27H36N2O4S/c1-16(2)21-13-22(17(3)4)27(23(14-21)18(5)6)34(32,33)28-24-12-10-9-11-20(24)15-25(29(30)31)26(28)19(7)8/h9-19,26H,1-8H3/t26-/m0/s1. The van der Waals surface area contributed by atoms with Gasteiger partial charge in [0.2, 0.25) is 0 Å². The molecular weight excluding hydrogens is 448 g/mol. The number of fused-ring (bicyclic) bond motifs is 1. The molecule has 0 saturated heterocycles. The molecule has 34 heavy (non-hydrogen) atoms. The smallest absolute Gasteiger partial charge is 0.259 e. The van der Waals surface area contributed by atoms with Gasteiger partial charge < -0.3 is 0 Å². The van der Waals surface area contributed by atoms with E-state index in [1.807, 2.05) is 53.7 Å². The van der Waals surface area contributed by atoms with Crippen molar-refractivity contribution in [2.45, 2.75) is 84.1 Å². The van der Waals surface area contributed by atoms with E-state index in [1.54, 1.807) is 24.3 Å². The van der Waals surface area contributed by atoms with E-state index in [4.69, 9.17) is 0 Å². The number of sulfonamides is 1. The Morgan fingerprint density at radius 3 is 1.85 bits per heavy atom. The maximum atomic E-state index is 14.6. The zero-order valence-electron chi connectivity index (χ0n) is 21.4. The molecule has 0 radical (unpaired) electrons. The van der Waals surface area contributed by atoms with Crippen LogP contribution in [0.3, 0.4) is 0 Å². The molecule has 3 rings (SSSR count). The quantitative estimate of drug-likeness (QED) is 0.316. The predicted octanol–water partition coefficient (Wildman–Crippen LogP) is 6.91. The molecule has 0 spiro atoms. The molecule has 0 fully saturated rings. The molecule has 0 N–H and O–H groups in total. The summed E-state index contributed by atoms with van der Waals surface area (Å²) < 4.78 is 30.6. The Labute approximate surface area is 203 Å². The summed E-state index contributed by atoms with van der Waals surface area (Å²) in [4.78, 5) is 11.9. The Morgan fingerprint density at radius 1 is 0.882 bits per heavy atom. The molecular formula is C27H36N2O4S. The van der Waals surface area contributed by atoms with Crippen molar-refractivity contribution in [2.75, 3.05) is 4.31 Å². The van der Waals surface area contributed by atoms with Crippen molar-refractivity contribution in [3.05, 3.63) is 74.5 Å². The Balaban J connectivity index is 2.43. The number of nitrogens with zero attached hydrogens (tertiary/aromatic N) is 2. The normalized spacial score (nSPS) is 16.4. The minimum Gasteiger partial charge on any atom is -0.259 e. The average Bonchev–Trinajstić information content (AvgIpc) is 2.76. The van der Waals surface area contributed by atoms with Gasteiger partial charge in [-0.2, -0.15) is 0 Å². The van der Waals surface area contributed by atoms with Gasteiger partial charge in [-0.25, -0.2) is 8.42 Å². The minimum atomic E-state index is -4.14. The van der Waals surface area contributed by atoms with Crippen LogP contribution in [0, 0.1) is 16.0 Å². The van der Waals surface area contributed by atoms with Crippen LogP contribution in [-0.4, -0.2) is 19.4 Å². The van der Waals surface area contributed by atoms with Gasteiger partial charge in [-0.05, 0) is 46.4 Å². The molecule has 0 unspecified atom stereocenters. The molecule has 1 heterocycles. The molecule has 2 aromatic carbocycles. The summed E-state index contributed by atoms with van der Waals surface area (Å²) >= 11 is 0. The van der Waals surface area contributed by atoms with Crippen LogP contribution in [0.1, 0.15) is 95.4 Å². The fourth-order valence-electron chi connectivity index (χ4n) is 4.66. The largest absolute Gasteiger partial charge is 0.270 e. The molecule has 2 aromatic rings. The number of hydrogen-bond donors (Lipinski definition) is 0. The third kappa shape index (κ3) is 4.50. The summed E-state index contributed by atoms with van der Waals surface area (Å²) in [5.74, 6) is -0.136. The molecule has 0 saturated carbocycles. The van der Waals surface area contributed by atoms with Gasteiger partial charge in [0.25, 0.3) is 15.7 Å². The summed E-state index contributed by atoms with van der Waals surface area (Å²) in [6, 6.07) is 10.1. The first-order chi connectivity index (χ1) is 15.8. The Kier molecular flexibility index (Phi) is 7.27. The molecule has 0 amide bonds. The SMILES string of the molecule is CC(C)c1cc(C(C)C)c(S(=O)(=O)N2c3ccccc3C=C([N+](=O)[O-])[C@@H]2C(C)C)c(C(C)C)c1. The van der Waals surface area contributed by atoms with Crippen molar-refractivity contribution in [1.29, 1.82) is 0 Å². The third-order valence-electron chi connectivity index (χ3n) is 6.47. The van der Waals surface area contributed by atoms with Crippen LogP contribution in [0.25, 0.3) is 6.08 Å². The zero-order chi connectivity index (χ0) is 25.5. The number of anilines is 1. The summed E-state index contributed by atoms with van der Waals surface area (Å²) in [6.45, 7) is 15.8. The zero-order valence-corrected chi connectivity index (χ0v) is 22.2. The highest BCUT2D eigenvalue weighted by molar-refractivity contribution is 7.93. The van der Waals surface area contributed by atoms with Crippen molar-refractivity contribution >= 4 is 21.8 Å². The minimum absolute atomic E-state index is 0.0379. The van der Waals surface area contributed by atoms with E-state index in [2.05, 4.69) is 13.8 Å². The second kappa shape index (κ2) is 9.53. The van der Waals surface area contributed by atoms with Crippen LogP contribution in [0.5, 0.6) is 0 Å². The highest BCUT2D eigenvalue weighted by Crippen LogP contribution is 2.43. The van der Waals surface area contributed by atoms with Crippen molar-refractivity contribution in [1.82, 2.24) is 0 Å². The lowest BCUT2D eigenvalue weighted by atomic mass is 9.89. The number of para-hydroxylation sites is 1. The molecule has 1 atom stereocenters. The van der Waals surface area contributed by atoms with E-state index >= 15 is 0 Å². The summed E-state index contributed by atoms with van der Waals surface area (Å²) in [7, 11) is -4.14. The van der Waals surface area contributed by atoms with Crippen molar-refractivity contribution < 1.29 is 13.3 Å². The molecule has 0 aromatic heterocycles. The van der Waals surface area contributed by atoms with E-state index < -0.39 is 21.0 Å². The molecule has 1 aliphatic rings. The van der Waals surface area contributed by atoms with Crippen LogP contribution in [0.15, 0.2) is 47.0 Å². The van der Waals surface area contributed by atoms with E-state index in [1.165, 1.54) is 10.4 Å². The van der Waals surface area contributed by atoms with Crippen LogP contribution < -0.4 is 4.31 Å². The lowest BCUT2D eigenvalue weighted by Crippen LogP contribution is -2.48. The van der Waals surface area contributed by atoms with Gasteiger partial charge in [0.05, 0.1) is 15.5 Å². The van der Waals surface area contributed by atoms with Gasteiger partial charge in [0.1, 0.15) is 6.04 Å². The summed E-state index contributed by atoms with van der Waals surface area (Å²) in [5.41, 5.74) is 3.51.